The molecule has 0 radical (unpaired) electrons. The van der Waals surface area contributed by atoms with Gasteiger partial charge in [-0.2, -0.15) is 11.8 Å². The first kappa shape index (κ1) is 13.5. The predicted molar refractivity (Wildman–Crippen MR) is 47.4 cm³/mol. The minimum absolute atomic E-state index is 0.0505. The molecule has 0 aliphatic heterocycles. The Labute approximate surface area is 85.2 Å². The summed E-state index contributed by atoms with van der Waals surface area (Å²) in [6.07, 6.45) is 2.06. The number of phosphoric acid groups is 1. The van der Waals surface area contributed by atoms with Gasteiger partial charge < -0.3 is 24.0 Å². The van der Waals surface area contributed by atoms with Crippen LogP contribution in [0.2, 0.25) is 0 Å². The highest BCUT2D eigenvalue weighted by Gasteiger charge is 2.07. The van der Waals surface area contributed by atoms with Crippen LogP contribution in [0.15, 0.2) is 12.0 Å². The number of carbonyl (C=O) groups excluding carboxylic acids is 1. The van der Waals surface area contributed by atoms with E-state index in [1.807, 2.05) is 0 Å². The summed E-state index contributed by atoms with van der Waals surface area (Å²) in [6, 6.07) is 0. The SMILES string of the molecule is CSCCC(=O)/C(O)=C/OP(=O)([O-])[O-]. The molecule has 0 aliphatic carbocycles. The molecule has 0 bridgehead atoms. The van der Waals surface area contributed by atoms with Crippen molar-refractivity contribution in [2.24, 2.45) is 0 Å². The second-order valence-corrected chi connectivity index (χ2v) is 4.31. The van der Waals surface area contributed by atoms with Gasteiger partial charge in [0.15, 0.2) is 5.76 Å². The molecule has 0 saturated carbocycles. The largest absolute Gasteiger partial charge is 0.780 e. The summed E-state index contributed by atoms with van der Waals surface area (Å²) in [5.41, 5.74) is 0. The molecular weight excluding hydrogens is 231 g/mol. The fourth-order valence-electron chi connectivity index (χ4n) is 0.503. The van der Waals surface area contributed by atoms with E-state index in [0.29, 0.717) is 5.75 Å². The van der Waals surface area contributed by atoms with E-state index in [2.05, 4.69) is 4.52 Å². The van der Waals surface area contributed by atoms with Crippen LogP contribution in [0.3, 0.4) is 0 Å². The van der Waals surface area contributed by atoms with Crippen molar-refractivity contribution in [2.75, 3.05) is 12.0 Å². The van der Waals surface area contributed by atoms with Gasteiger partial charge in [-0.3, -0.25) is 4.79 Å². The monoisotopic (exact) mass is 240 g/mol. The van der Waals surface area contributed by atoms with E-state index in [0.717, 1.165) is 0 Å². The first-order valence-corrected chi connectivity index (χ1v) is 6.34. The number of carbonyl (C=O) groups is 1. The fraction of sp³-hybridized carbons (Fsp3) is 0.500. The van der Waals surface area contributed by atoms with Gasteiger partial charge in [0, 0.05) is 12.2 Å². The van der Waals surface area contributed by atoms with E-state index in [9.17, 15) is 19.1 Å². The molecule has 82 valence electrons. The molecule has 0 heterocycles. The van der Waals surface area contributed by atoms with E-state index < -0.39 is 19.4 Å². The number of phosphoric ester groups is 1. The van der Waals surface area contributed by atoms with Crippen LogP contribution in [0.25, 0.3) is 0 Å². The van der Waals surface area contributed by atoms with E-state index in [1.54, 1.807) is 6.26 Å². The second-order valence-electron chi connectivity index (χ2n) is 2.22. The lowest BCUT2D eigenvalue weighted by atomic mass is 10.3. The molecule has 0 aromatic heterocycles. The van der Waals surface area contributed by atoms with Gasteiger partial charge in [-0.15, -0.1) is 0 Å². The Bertz CT molecular complexity index is 269. The minimum Gasteiger partial charge on any atom is -0.780 e. The smallest absolute Gasteiger partial charge is 0.201 e. The number of aliphatic hydroxyl groups excluding tert-OH is 1. The van der Waals surface area contributed by atoms with Crippen LogP contribution in [0, 0.1) is 0 Å². The van der Waals surface area contributed by atoms with Crippen molar-refractivity contribution in [3.63, 3.8) is 0 Å². The van der Waals surface area contributed by atoms with Gasteiger partial charge in [0.25, 0.3) is 0 Å². The molecule has 0 atom stereocenters. The normalized spacial score (nSPS) is 12.6. The van der Waals surface area contributed by atoms with Crippen LogP contribution in [-0.2, 0) is 13.9 Å². The molecule has 0 fully saturated rings. The number of aliphatic hydroxyl groups is 1. The Morgan fingerprint density at radius 1 is 1.64 bits per heavy atom. The van der Waals surface area contributed by atoms with Crippen LogP contribution in [0.4, 0.5) is 0 Å². The maximum atomic E-state index is 10.9. The van der Waals surface area contributed by atoms with Crippen molar-refractivity contribution >= 4 is 25.4 Å². The molecule has 0 unspecified atom stereocenters. The molecule has 0 amide bonds. The molecule has 0 saturated heterocycles. The van der Waals surface area contributed by atoms with Crippen LogP contribution >= 0.6 is 19.6 Å². The average molecular weight is 240 g/mol. The second kappa shape index (κ2) is 6.08. The zero-order chi connectivity index (χ0) is 11.2. The minimum atomic E-state index is -5.18. The predicted octanol–water partition coefficient (Wildman–Crippen LogP) is -0.447. The Morgan fingerprint density at radius 2 is 2.21 bits per heavy atom. The highest BCUT2D eigenvalue weighted by molar-refractivity contribution is 7.98. The lowest BCUT2D eigenvalue weighted by Crippen LogP contribution is -2.15. The Hall–Kier alpha value is -0.490. The number of rotatable bonds is 6. The quantitative estimate of drug-likeness (QED) is 0.380. The van der Waals surface area contributed by atoms with Crippen molar-refractivity contribution in [3.05, 3.63) is 12.0 Å². The molecule has 14 heavy (non-hydrogen) atoms. The zero-order valence-electron chi connectivity index (χ0n) is 7.34. The van der Waals surface area contributed by atoms with Crippen LogP contribution in [0.1, 0.15) is 6.42 Å². The van der Waals surface area contributed by atoms with E-state index in [-0.39, 0.29) is 12.7 Å². The summed E-state index contributed by atoms with van der Waals surface area (Å²) in [5.74, 6) is -1.05. The highest BCUT2D eigenvalue weighted by atomic mass is 32.2. The fourth-order valence-corrected chi connectivity index (χ4v) is 1.12. The van der Waals surface area contributed by atoms with Crippen molar-refractivity contribution in [1.82, 2.24) is 0 Å². The van der Waals surface area contributed by atoms with E-state index in [1.165, 1.54) is 11.8 Å². The van der Waals surface area contributed by atoms with E-state index in [4.69, 9.17) is 5.11 Å². The van der Waals surface area contributed by atoms with Crippen LogP contribution in [-0.4, -0.2) is 22.9 Å². The van der Waals surface area contributed by atoms with Crippen LogP contribution < -0.4 is 9.79 Å². The van der Waals surface area contributed by atoms with E-state index >= 15 is 0 Å². The molecule has 0 aromatic rings. The molecular formula is C6H9O6PS-2. The van der Waals surface area contributed by atoms with Crippen molar-refractivity contribution < 1.29 is 28.8 Å². The molecule has 0 spiro atoms. The third-order valence-electron chi connectivity index (χ3n) is 1.11. The van der Waals surface area contributed by atoms with Gasteiger partial charge in [-0.25, -0.2) is 0 Å². The Kier molecular flexibility index (Phi) is 5.87. The van der Waals surface area contributed by atoms with Gasteiger partial charge in [0.1, 0.15) is 14.1 Å². The molecule has 1 N–H and O–H groups in total. The summed E-state index contributed by atoms with van der Waals surface area (Å²) in [4.78, 5) is 30.8. The number of hydrogen-bond donors (Lipinski definition) is 1. The van der Waals surface area contributed by atoms with Gasteiger partial charge >= 0.3 is 0 Å². The number of Topliss-reactive ketones (excluding diaryl/α,β-unsaturated/α-hetero) is 1. The summed E-state index contributed by atoms with van der Waals surface area (Å²) in [7, 11) is -5.18. The average Bonchev–Trinajstić information content (AvgIpc) is 2.09. The number of ketones is 1. The van der Waals surface area contributed by atoms with Gasteiger partial charge in [-0.05, 0) is 6.26 Å². The Morgan fingerprint density at radius 3 is 2.64 bits per heavy atom. The number of allylic oxidation sites excluding steroid dienone is 1. The van der Waals surface area contributed by atoms with Crippen molar-refractivity contribution in [3.8, 4) is 0 Å². The number of hydrogen-bond acceptors (Lipinski definition) is 7. The third-order valence-corrected chi connectivity index (χ3v) is 2.09. The van der Waals surface area contributed by atoms with Gasteiger partial charge in [0.05, 0.1) is 0 Å². The lowest BCUT2D eigenvalue weighted by molar-refractivity contribution is -0.337. The Balaban J connectivity index is 4.11. The molecule has 8 heteroatoms. The highest BCUT2D eigenvalue weighted by Crippen LogP contribution is 2.25. The van der Waals surface area contributed by atoms with Crippen molar-refractivity contribution in [1.29, 1.82) is 0 Å². The summed E-state index contributed by atoms with van der Waals surface area (Å²) < 4.78 is 13.5. The molecule has 6 nitrogen and oxygen atoms in total. The van der Waals surface area contributed by atoms with Crippen LogP contribution in [0.5, 0.6) is 0 Å². The number of thioether (sulfide) groups is 1. The standard InChI is InChI=1S/C6H11O6PS/c1-14-3-2-5(7)6(8)4-12-13(9,10)11/h4,8H,2-3H2,1H3,(H2,9,10,11)/p-2/b6-4-. The molecule has 0 aromatic carbocycles. The van der Waals surface area contributed by atoms with Crippen molar-refractivity contribution in [2.45, 2.75) is 6.42 Å². The maximum absolute atomic E-state index is 10.9. The summed E-state index contributed by atoms with van der Waals surface area (Å²) >= 11 is 1.39. The van der Waals surface area contributed by atoms with Gasteiger partial charge in [-0.1, -0.05) is 0 Å². The molecule has 0 rings (SSSR count). The first-order valence-electron chi connectivity index (χ1n) is 3.48. The first-order chi connectivity index (χ1) is 6.37. The van der Waals surface area contributed by atoms with Gasteiger partial charge in [0.2, 0.25) is 5.78 Å². The summed E-state index contributed by atoms with van der Waals surface area (Å²) in [5, 5.41) is 8.89. The summed E-state index contributed by atoms with van der Waals surface area (Å²) in [6.45, 7) is 0. The maximum Gasteiger partial charge on any atom is 0.201 e. The zero-order valence-corrected chi connectivity index (χ0v) is 9.05. The topological polar surface area (TPSA) is 110 Å². The molecule has 0 aliphatic rings. The lowest BCUT2D eigenvalue weighted by Gasteiger charge is -2.26. The third kappa shape index (κ3) is 6.97.